The summed E-state index contributed by atoms with van der Waals surface area (Å²) < 4.78 is 0. The van der Waals surface area contributed by atoms with Crippen molar-refractivity contribution in [1.82, 2.24) is 15.2 Å². The van der Waals surface area contributed by atoms with Gasteiger partial charge >= 0.3 is 0 Å². The van der Waals surface area contributed by atoms with Crippen LogP contribution in [0.1, 0.15) is 44.8 Å². The highest BCUT2D eigenvalue weighted by Crippen LogP contribution is 2.16. The van der Waals surface area contributed by atoms with Crippen LogP contribution in [-0.2, 0) is 0 Å². The summed E-state index contributed by atoms with van der Waals surface area (Å²) in [5.74, 6) is 0. The van der Waals surface area contributed by atoms with Gasteiger partial charge in [-0.15, -0.1) is 0 Å². The minimum absolute atomic E-state index is 0.328. The Morgan fingerprint density at radius 2 is 2.10 bits per heavy atom. The molecule has 1 aromatic heterocycles. The molecule has 1 aliphatic rings. The molecule has 0 amide bonds. The molecule has 0 bridgehead atoms. The van der Waals surface area contributed by atoms with Gasteiger partial charge in [0, 0.05) is 26.2 Å². The average Bonchev–Trinajstić information content (AvgIpc) is 3.04. The molecule has 4 nitrogen and oxygen atoms in total. The molecule has 118 valence electrons. The number of likely N-dealkylation sites (tertiary alicyclic amines) is 1. The van der Waals surface area contributed by atoms with Gasteiger partial charge < -0.3 is 15.1 Å². The number of hydrogen-bond acceptors (Lipinski definition) is 4. The first kappa shape index (κ1) is 16.2. The van der Waals surface area contributed by atoms with Crippen LogP contribution in [0.2, 0.25) is 0 Å². The van der Waals surface area contributed by atoms with Crippen molar-refractivity contribution in [2.45, 2.75) is 39.2 Å². The van der Waals surface area contributed by atoms with Crippen LogP contribution in [-0.4, -0.2) is 49.7 Å². The fourth-order valence-electron chi connectivity index (χ4n) is 2.77. The first-order valence-electron chi connectivity index (χ1n) is 8.33. The number of anilines is 1. The van der Waals surface area contributed by atoms with E-state index < -0.39 is 0 Å². The largest absolute Gasteiger partial charge is 0.372 e. The molecule has 21 heavy (non-hydrogen) atoms. The highest BCUT2D eigenvalue weighted by molar-refractivity contribution is 5.43. The van der Waals surface area contributed by atoms with Crippen LogP contribution in [0.4, 0.5) is 5.69 Å². The second-order valence-corrected chi connectivity index (χ2v) is 6.09. The minimum Gasteiger partial charge on any atom is -0.372 e. The second kappa shape index (κ2) is 8.35. The van der Waals surface area contributed by atoms with Gasteiger partial charge in [0.2, 0.25) is 0 Å². The molecule has 1 fully saturated rings. The quantitative estimate of drug-likeness (QED) is 0.797. The van der Waals surface area contributed by atoms with Gasteiger partial charge in [-0.2, -0.15) is 0 Å². The molecule has 1 aliphatic heterocycles. The van der Waals surface area contributed by atoms with Crippen molar-refractivity contribution in [2.75, 3.05) is 44.7 Å². The van der Waals surface area contributed by atoms with Crippen molar-refractivity contribution in [3.05, 3.63) is 24.0 Å². The molecule has 2 rings (SSSR count). The van der Waals surface area contributed by atoms with E-state index in [1.807, 2.05) is 6.20 Å². The lowest BCUT2D eigenvalue weighted by molar-refractivity contribution is 0.346. The Labute approximate surface area is 129 Å². The van der Waals surface area contributed by atoms with Crippen LogP contribution in [0.15, 0.2) is 18.3 Å². The van der Waals surface area contributed by atoms with Gasteiger partial charge in [-0.05, 0) is 58.0 Å². The predicted molar refractivity (Wildman–Crippen MR) is 89.9 cm³/mol. The van der Waals surface area contributed by atoms with E-state index in [1.54, 1.807) is 0 Å². The maximum absolute atomic E-state index is 4.61. The SMILES string of the molecule is CCCNC(C)c1ccc(N(C)CCN2CCCC2)cn1. The molecular weight excluding hydrogens is 260 g/mol. The molecule has 1 saturated heterocycles. The summed E-state index contributed by atoms with van der Waals surface area (Å²) in [4.78, 5) is 9.47. The Hall–Kier alpha value is -1.13. The van der Waals surface area contributed by atoms with Crippen molar-refractivity contribution in [3.63, 3.8) is 0 Å². The summed E-state index contributed by atoms with van der Waals surface area (Å²) in [5.41, 5.74) is 2.33. The van der Waals surface area contributed by atoms with Crippen LogP contribution in [0.25, 0.3) is 0 Å². The molecular formula is C17H30N4. The van der Waals surface area contributed by atoms with Crippen LogP contribution in [0, 0.1) is 0 Å². The maximum Gasteiger partial charge on any atom is 0.0572 e. The summed E-state index contributed by atoms with van der Waals surface area (Å²) in [6.45, 7) is 10.2. The summed E-state index contributed by atoms with van der Waals surface area (Å²) >= 11 is 0. The summed E-state index contributed by atoms with van der Waals surface area (Å²) in [7, 11) is 2.16. The zero-order valence-corrected chi connectivity index (χ0v) is 13.8. The monoisotopic (exact) mass is 290 g/mol. The van der Waals surface area contributed by atoms with E-state index in [0.717, 1.165) is 31.7 Å². The lowest BCUT2D eigenvalue weighted by atomic mass is 10.2. The van der Waals surface area contributed by atoms with Crippen molar-refractivity contribution in [2.24, 2.45) is 0 Å². The van der Waals surface area contributed by atoms with Gasteiger partial charge in [0.05, 0.1) is 17.6 Å². The highest BCUT2D eigenvalue weighted by Gasteiger charge is 2.12. The number of aromatic nitrogens is 1. The standard InChI is InChI=1S/C17H30N4/c1-4-9-18-15(2)17-8-7-16(14-19-17)20(3)12-13-21-10-5-6-11-21/h7-8,14-15,18H,4-6,9-13H2,1-3H3. The Kier molecular flexibility index (Phi) is 6.46. The lowest BCUT2D eigenvalue weighted by Crippen LogP contribution is -2.31. The van der Waals surface area contributed by atoms with Crippen molar-refractivity contribution in [3.8, 4) is 0 Å². The summed E-state index contributed by atoms with van der Waals surface area (Å²) in [6.07, 6.45) is 5.89. The van der Waals surface area contributed by atoms with Gasteiger partial charge in [0.25, 0.3) is 0 Å². The molecule has 0 spiro atoms. The third-order valence-electron chi connectivity index (χ3n) is 4.31. The van der Waals surface area contributed by atoms with Crippen LogP contribution < -0.4 is 10.2 Å². The first-order chi connectivity index (χ1) is 10.2. The normalized spacial score (nSPS) is 17.1. The fourth-order valence-corrected chi connectivity index (χ4v) is 2.77. The molecule has 0 radical (unpaired) electrons. The number of hydrogen-bond donors (Lipinski definition) is 1. The van der Waals surface area contributed by atoms with Crippen molar-refractivity contribution < 1.29 is 0 Å². The van der Waals surface area contributed by atoms with E-state index in [0.29, 0.717) is 6.04 Å². The molecule has 4 heteroatoms. The predicted octanol–water partition coefficient (Wildman–Crippen LogP) is 2.67. The Morgan fingerprint density at radius 1 is 1.33 bits per heavy atom. The number of likely N-dealkylation sites (N-methyl/N-ethyl adjacent to an activating group) is 1. The van der Waals surface area contributed by atoms with Crippen LogP contribution in [0.5, 0.6) is 0 Å². The third-order valence-corrected chi connectivity index (χ3v) is 4.31. The van der Waals surface area contributed by atoms with Gasteiger partial charge in [0.1, 0.15) is 0 Å². The van der Waals surface area contributed by atoms with E-state index in [9.17, 15) is 0 Å². The zero-order chi connectivity index (χ0) is 15.1. The number of nitrogens with one attached hydrogen (secondary N) is 1. The number of nitrogens with zero attached hydrogens (tertiary/aromatic N) is 3. The summed E-state index contributed by atoms with van der Waals surface area (Å²) in [5, 5.41) is 3.48. The van der Waals surface area contributed by atoms with Gasteiger partial charge in [-0.1, -0.05) is 6.92 Å². The number of rotatable bonds is 8. The third kappa shape index (κ3) is 4.97. The minimum atomic E-state index is 0.328. The van der Waals surface area contributed by atoms with Crippen molar-refractivity contribution >= 4 is 5.69 Å². The molecule has 0 saturated carbocycles. The van der Waals surface area contributed by atoms with E-state index in [-0.39, 0.29) is 0 Å². The van der Waals surface area contributed by atoms with E-state index in [1.165, 1.54) is 31.6 Å². The Morgan fingerprint density at radius 3 is 2.71 bits per heavy atom. The molecule has 0 aromatic carbocycles. The highest BCUT2D eigenvalue weighted by atomic mass is 15.2. The van der Waals surface area contributed by atoms with E-state index >= 15 is 0 Å². The Bertz CT molecular complexity index is 398. The second-order valence-electron chi connectivity index (χ2n) is 6.09. The zero-order valence-electron chi connectivity index (χ0n) is 13.8. The molecule has 1 aromatic rings. The molecule has 1 N–H and O–H groups in total. The maximum atomic E-state index is 4.61. The molecule has 1 unspecified atom stereocenters. The average molecular weight is 290 g/mol. The van der Waals surface area contributed by atoms with Gasteiger partial charge in [-0.3, -0.25) is 4.98 Å². The van der Waals surface area contributed by atoms with Gasteiger partial charge in [0.15, 0.2) is 0 Å². The molecule has 1 atom stereocenters. The van der Waals surface area contributed by atoms with Crippen molar-refractivity contribution in [1.29, 1.82) is 0 Å². The summed E-state index contributed by atoms with van der Waals surface area (Å²) in [6, 6.07) is 4.67. The fraction of sp³-hybridized carbons (Fsp3) is 0.706. The smallest absolute Gasteiger partial charge is 0.0572 e. The number of pyridine rings is 1. The topological polar surface area (TPSA) is 31.4 Å². The lowest BCUT2D eigenvalue weighted by Gasteiger charge is -2.23. The van der Waals surface area contributed by atoms with E-state index in [4.69, 9.17) is 0 Å². The van der Waals surface area contributed by atoms with Crippen LogP contribution >= 0.6 is 0 Å². The van der Waals surface area contributed by atoms with Crippen LogP contribution in [0.3, 0.4) is 0 Å². The Balaban J connectivity index is 1.82. The molecule has 0 aliphatic carbocycles. The van der Waals surface area contributed by atoms with Gasteiger partial charge in [-0.25, -0.2) is 0 Å². The van der Waals surface area contributed by atoms with E-state index in [2.05, 4.69) is 53.1 Å². The first-order valence-corrected chi connectivity index (χ1v) is 8.33. The molecule has 2 heterocycles.